The molecule has 3 heteroatoms. The van der Waals surface area contributed by atoms with E-state index in [1.807, 2.05) is 0 Å². The molecule has 0 spiro atoms. The van der Waals surface area contributed by atoms with Crippen molar-refractivity contribution in [1.82, 2.24) is 4.57 Å². The average molecular weight is 501 g/mol. The minimum absolute atomic E-state index is 1.21. The first-order valence-corrected chi connectivity index (χ1v) is 23.1. The number of hydrogen-bond donors (Lipinski definition) is 0. The van der Waals surface area contributed by atoms with Crippen molar-refractivity contribution in [3.05, 3.63) is 89.7 Å². The van der Waals surface area contributed by atoms with Crippen LogP contribution in [0.1, 0.15) is 0 Å². The SMILES string of the molecule is C=[CH][Ge]([CH3])([CH3])[c]1ccc2c(c1)c1c[c]([Ge]([CH3])([CH3])[CH]=C)ccc1n2-c1ccccc1. The molecule has 146 valence electrons. The summed E-state index contributed by atoms with van der Waals surface area (Å²) in [6.45, 7) is 8.27. The molecular formula is C26H29Ge2N. The molecule has 1 aromatic heterocycles. The standard InChI is InChI=1S/C26H29Ge2N/c1-7-27(3,4)20-14-16-25-23(18-20)24-19-21(28(5,6)8-2)15-17-26(24)29(25)22-12-10-9-11-13-22/h7-19H,1-2H2,3-6H3. The number of aromatic nitrogens is 1. The van der Waals surface area contributed by atoms with Gasteiger partial charge >= 0.3 is 180 Å². The predicted molar refractivity (Wildman–Crippen MR) is 135 cm³/mol. The molecule has 0 aliphatic heterocycles. The molecule has 4 rings (SSSR count). The number of para-hydroxylation sites is 1. The Morgan fingerprint density at radius 1 is 0.655 bits per heavy atom. The molecule has 0 N–H and O–H groups in total. The van der Waals surface area contributed by atoms with Gasteiger partial charge in [0, 0.05) is 0 Å². The maximum absolute atomic E-state index is 4.14. The van der Waals surface area contributed by atoms with Gasteiger partial charge in [-0.3, -0.25) is 0 Å². The van der Waals surface area contributed by atoms with Gasteiger partial charge in [0.25, 0.3) is 0 Å². The van der Waals surface area contributed by atoms with Crippen LogP contribution in [-0.4, -0.2) is 31.1 Å². The Morgan fingerprint density at radius 3 is 1.52 bits per heavy atom. The second-order valence-electron chi connectivity index (χ2n) is 8.99. The molecule has 0 radical (unpaired) electrons. The number of benzene rings is 3. The fourth-order valence-corrected chi connectivity index (χ4v) is 9.22. The van der Waals surface area contributed by atoms with Crippen LogP contribution in [0.2, 0.25) is 23.0 Å². The van der Waals surface area contributed by atoms with Crippen LogP contribution < -0.4 is 8.79 Å². The Kier molecular flexibility index (Phi) is 5.16. The van der Waals surface area contributed by atoms with Crippen LogP contribution in [-0.2, 0) is 0 Å². The summed E-state index contributed by atoms with van der Waals surface area (Å²) in [6, 6.07) is 24.9. The summed E-state index contributed by atoms with van der Waals surface area (Å²) >= 11 is -4.37. The summed E-state index contributed by atoms with van der Waals surface area (Å²) < 4.78 is 5.36. The molecule has 0 bridgehead atoms. The second-order valence-corrected chi connectivity index (χ2v) is 27.6. The van der Waals surface area contributed by atoms with E-state index in [4.69, 9.17) is 0 Å². The molecule has 3 aromatic carbocycles. The summed E-state index contributed by atoms with van der Waals surface area (Å²) in [6.07, 6.45) is 0. The molecule has 1 heterocycles. The number of rotatable bonds is 5. The molecule has 0 fully saturated rings. The van der Waals surface area contributed by atoms with E-state index in [0.29, 0.717) is 0 Å². The molecular weight excluding hydrogens is 472 g/mol. The summed E-state index contributed by atoms with van der Waals surface area (Å²) in [7, 11) is 0. The Hall–Kier alpha value is -1.97. The van der Waals surface area contributed by atoms with Crippen LogP contribution in [0.3, 0.4) is 0 Å². The third-order valence-electron chi connectivity index (χ3n) is 6.29. The van der Waals surface area contributed by atoms with Crippen molar-refractivity contribution in [3.8, 4) is 5.69 Å². The second kappa shape index (κ2) is 7.37. The zero-order valence-electron chi connectivity index (χ0n) is 17.9. The third-order valence-corrected chi connectivity index (χ3v) is 18.1. The zero-order valence-corrected chi connectivity index (χ0v) is 22.1. The summed E-state index contributed by atoms with van der Waals surface area (Å²) in [5.74, 6) is 9.64. The molecule has 0 atom stereocenters. The normalized spacial score (nSPS) is 12.4. The van der Waals surface area contributed by atoms with E-state index < -0.39 is 26.5 Å². The first-order valence-electron chi connectivity index (χ1n) is 10.2. The molecule has 0 amide bonds. The van der Waals surface area contributed by atoms with Gasteiger partial charge < -0.3 is 0 Å². The van der Waals surface area contributed by atoms with E-state index in [2.05, 4.69) is 117 Å². The number of hydrogen-bond acceptors (Lipinski definition) is 0. The number of nitrogens with zero attached hydrogens (tertiary/aromatic N) is 1. The van der Waals surface area contributed by atoms with Crippen molar-refractivity contribution in [1.29, 1.82) is 0 Å². The predicted octanol–water partition coefficient (Wildman–Crippen LogP) is 6.06. The van der Waals surface area contributed by atoms with Gasteiger partial charge in [-0.25, -0.2) is 0 Å². The van der Waals surface area contributed by atoms with Crippen LogP contribution in [0.5, 0.6) is 0 Å². The van der Waals surface area contributed by atoms with E-state index >= 15 is 0 Å². The Labute approximate surface area is 179 Å². The minimum atomic E-state index is -2.18. The van der Waals surface area contributed by atoms with Crippen molar-refractivity contribution in [2.75, 3.05) is 0 Å². The third kappa shape index (κ3) is 3.45. The van der Waals surface area contributed by atoms with E-state index in [-0.39, 0.29) is 0 Å². The Balaban J connectivity index is 2.12. The molecule has 0 unspecified atom stereocenters. The van der Waals surface area contributed by atoms with Crippen LogP contribution in [0.15, 0.2) is 89.7 Å². The maximum atomic E-state index is 4.14. The van der Waals surface area contributed by atoms with Crippen LogP contribution >= 0.6 is 0 Å². The Bertz CT molecular complexity index is 1150. The van der Waals surface area contributed by atoms with Gasteiger partial charge in [0.15, 0.2) is 0 Å². The molecule has 0 saturated heterocycles. The quantitative estimate of drug-likeness (QED) is 0.293. The summed E-state index contributed by atoms with van der Waals surface area (Å²) in [5.41, 5.74) is 3.76. The van der Waals surface area contributed by atoms with Crippen molar-refractivity contribution in [3.63, 3.8) is 0 Å². The topological polar surface area (TPSA) is 4.93 Å². The Morgan fingerprint density at radius 2 is 1.10 bits per heavy atom. The molecule has 0 saturated carbocycles. The van der Waals surface area contributed by atoms with Gasteiger partial charge in [0.1, 0.15) is 0 Å². The van der Waals surface area contributed by atoms with Gasteiger partial charge in [0.2, 0.25) is 0 Å². The van der Waals surface area contributed by atoms with Crippen LogP contribution in [0.4, 0.5) is 0 Å². The molecule has 29 heavy (non-hydrogen) atoms. The van der Waals surface area contributed by atoms with E-state index in [1.165, 1.54) is 36.3 Å². The summed E-state index contributed by atoms with van der Waals surface area (Å²) in [5, 5.41) is 2.71. The van der Waals surface area contributed by atoms with E-state index in [9.17, 15) is 0 Å². The average Bonchev–Trinajstić information content (AvgIpc) is 3.07. The van der Waals surface area contributed by atoms with Gasteiger partial charge in [-0.05, 0) is 0 Å². The molecule has 4 aromatic rings. The van der Waals surface area contributed by atoms with Gasteiger partial charge in [-0.2, -0.15) is 0 Å². The molecule has 1 nitrogen and oxygen atoms in total. The first-order chi connectivity index (χ1) is 13.8. The van der Waals surface area contributed by atoms with Crippen LogP contribution in [0.25, 0.3) is 27.5 Å². The number of fused-ring (bicyclic) bond motifs is 3. The summed E-state index contributed by atoms with van der Waals surface area (Å²) in [4.78, 5) is 4.44. The monoisotopic (exact) mass is 503 g/mol. The zero-order chi connectivity index (χ0) is 20.8. The molecule has 0 aliphatic rings. The van der Waals surface area contributed by atoms with E-state index in [0.717, 1.165) is 0 Å². The van der Waals surface area contributed by atoms with Crippen molar-refractivity contribution < 1.29 is 0 Å². The van der Waals surface area contributed by atoms with Crippen molar-refractivity contribution in [2.45, 2.75) is 23.0 Å². The van der Waals surface area contributed by atoms with Gasteiger partial charge in [0.05, 0.1) is 0 Å². The van der Waals surface area contributed by atoms with Crippen LogP contribution in [0, 0.1) is 0 Å². The fraction of sp³-hybridized carbons (Fsp3) is 0.154. The molecule has 0 aliphatic carbocycles. The van der Waals surface area contributed by atoms with Crippen molar-refractivity contribution in [2.24, 2.45) is 0 Å². The van der Waals surface area contributed by atoms with Gasteiger partial charge in [-0.15, -0.1) is 0 Å². The van der Waals surface area contributed by atoms with Crippen molar-refractivity contribution >= 4 is 57.1 Å². The van der Waals surface area contributed by atoms with E-state index in [1.54, 1.807) is 0 Å². The fourth-order valence-electron chi connectivity index (χ4n) is 3.92. The first kappa shape index (κ1) is 20.3. The van der Waals surface area contributed by atoms with Gasteiger partial charge in [-0.1, -0.05) is 0 Å².